The first-order valence-electron chi connectivity index (χ1n) is 7.80. The van der Waals surface area contributed by atoms with Gasteiger partial charge in [0.1, 0.15) is 5.75 Å². The molecule has 0 saturated carbocycles. The largest absolute Gasteiger partial charge is 0.480 e. The molecule has 5 heteroatoms. The van der Waals surface area contributed by atoms with Gasteiger partial charge in [-0.05, 0) is 42.2 Å². The Morgan fingerprint density at radius 1 is 1.17 bits per heavy atom. The van der Waals surface area contributed by atoms with Crippen molar-refractivity contribution in [2.45, 2.75) is 32.4 Å². The monoisotopic (exact) mass is 325 g/mol. The van der Waals surface area contributed by atoms with Gasteiger partial charge in [-0.1, -0.05) is 36.4 Å². The molecular weight excluding hydrogens is 306 g/mol. The van der Waals surface area contributed by atoms with Crippen LogP contribution in [0.5, 0.6) is 5.75 Å². The van der Waals surface area contributed by atoms with Crippen LogP contribution in [0.15, 0.2) is 42.5 Å². The Balaban J connectivity index is 1.74. The Morgan fingerprint density at radius 3 is 2.50 bits per heavy atom. The van der Waals surface area contributed by atoms with Crippen LogP contribution in [0.25, 0.3) is 0 Å². The number of aryl methyl sites for hydroxylation is 2. The average molecular weight is 325 g/mol. The number of fused-ring (bicyclic) bond motifs is 1. The number of rotatable bonds is 4. The zero-order chi connectivity index (χ0) is 17.3. The molecular formula is C19H19NO4. The van der Waals surface area contributed by atoms with Crippen molar-refractivity contribution in [3.8, 4) is 5.75 Å². The first-order chi connectivity index (χ1) is 11.5. The van der Waals surface area contributed by atoms with Crippen LogP contribution < -0.4 is 10.1 Å². The van der Waals surface area contributed by atoms with Gasteiger partial charge >= 0.3 is 5.97 Å². The van der Waals surface area contributed by atoms with E-state index in [4.69, 9.17) is 4.74 Å². The molecule has 0 spiro atoms. The van der Waals surface area contributed by atoms with Crippen LogP contribution >= 0.6 is 0 Å². The van der Waals surface area contributed by atoms with E-state index in [0.717, 1.165) is 16.7 Å². The van der Waals surface area contributed by atoms with E-state index in [2.05, 4.69) is 5.32 Å². The molecule has 0 saturated heterocycles. The Labute approximate surface area is 140 Å². The lowest BCUT2D eigenvalue weighted by atomic mass is 10.0. The Morgan fingerprint density at radius 2 is 1.83 bits per heavy atom. The minimum absolute atomic E-state index is 0.419. The average Bonchev–Trinajstić information content (AvgIpc) is 2.96. The van der Waals surface area contributed by atoms with E-state index in [1.807, 2.05) is 26.0 Å². The molecule has 24 heavy (non-hydrogen) atoms. The molecule has 0 bridgehead atoms. The second-order valence-corrected chi connectivity index (χ2v) is 6.05. The molecule has 1 heterocycles. The van der Waals surface area contributed by atoms with Crippen molar-refractivity contribution in [2.75, 3.05) is 0 Å². The fourth-order valence-electron chi connectivity index (χ4n) is 2.83. The summed E-state index contributed by atoms with van der Waals surface area (Å²) < 4.78 is 5.72. The molecule has 2 aromatic rings. The highest BCUT2D eigenvalue weighted by atomic mass is 16.5. The number of nitrogens with one attached hydrogen (secondary N) is 1. The molecule has 1 aliphatic rings. The number of ether oxygens (including phenoxy) is 1. The topological polar surface area (TPSA) is 75.6 Å². The second kappa shape index (κ2) is 6.35. The van der Waals surface area contributed by atoms with Gasteiger partial charge in [-0.2, -0.15) is 0 Å². The van der Waals surface area contributed by atoms with E-state index < -0.39 is 24.0 Å². The molecule has 1 unspecified atom stereocenters. The van der Waals surface area contributed by atoms with E-state index in [-0.39, 0.29) is 0 Å². The van der Waals surface area contributed by atoms with Crippen molar-refractivity contribution < 1.29 is 19.4 Å². The Hall–Kier alpha value is -2.82. The molecule has 124 valence electrons. The maximum atomic E-state index is 12.5. The van der Waals surface area contributed by atoms with Crippen LogP contribution in [0.2, 0.25) is 0 Å². The van der Waals surface area contributed by atoms with Crippen molar-refractivity contribution in [1.29, 1.82) is 0 Å². The van der Waals surface area contributed by atoms with E-state index >= 15 is 0 Å². The van der Waals surface area contributed by atoms with Gasteiger partial charge in [0.2, 0.25) is 0 Å². The summed E-state index contributed by atoms with van der Waals surface area (Å²) in [6, 6.07) is 11.5. The number of benzene rings is 2. The van der Waals surface area contributed by atoms with Crippen LogP contribution in [-0.4, -0.2) is 23.1 Å². The summed E-state index contributed by atoms with van der Waals surface area (Å²) in [6.45, 7) is 4.00. The molecule has 1 amide bonds. The number of carbonyl (C=O) groups is 2. The quantitative estimate of drug-likeness (QED) is 0.906. The van der Waals surface area contributed by atoms with E-state index in [0.29, 0.717) is 17.7 Å². The fourth-order valence-corrected chi connectivity index (χ4v) is 2.83. The van der Waals surface area contributed by atoms with Gasteiger partial charge in [-0.15, -0.1) is 0 Å². The number of hydrogen-bond acceptors (Lipinski definition) is 3. The van der Waals surface area contributed by atoms with Gasteiger partial charge in [0.25, 0.3) is 5.91 Å². The number of carboxylic acid groups (broad SMARTS) is 1. The van der Waals surface area contributed by atoms with Crippen molar-refractivity contribution in [1.82, 2.24) is 5.32 Å². The van der Waals surface area contributed by atoms with Crippen molar-refractivity contribution >= 4 is 11.9 Å². The summed E-state index contributed by atoms with van der Waals surface area (Å²) in [7, 11) is 0. The maximum absolute atomic E-state index is 12.5. The molecule has 2 atom stereocenters. The molecule has 0 fully saturated rings. The van der Waals surface area contributed by atoms with Crippen molar-refractivity contribution in [3.05, 3.63) is 64.7 Å². The van der Waals surface area contributed by atoms with Crippen LogP contribution in [0, 0.1) is 13.8 Å². The number of hydrogen-bond donors (Lipinski definition) is 2. The highest BCUT2D eigenvalue weighted by molar-refractivity contribution is 5.88. The molecule has 2 N–H and O–H groups in total. The lowest BCUT2D eigenvalue weighted by molar-refractivity contribution is -0.143. The summed E-state index contributed by atoms with van der Waals surface area (Å²) in [6.07, 6.45) is -0.254. The Kier molecular flexibility index (Phi) is 4.25. The first kappa shape index (κ1) is 16.1. The third-order valence-corrected chi connectivity index (χ3v) is 4.31. The number of carbonyl (C=O) groups excluding carboxylic acids is 1. The summed E-state index contributed by atoms with van der Waals surface area (Å²) >= 11 is 0. The summed E-state index contributed by atoms with van der Waals surface area (Å²) in [5.74, 6) is -0.820. The predicted octanol–water partition coefficient (Wildman–Crippen LogP) is 2.55. The summed E-state index contributed by atoms with van der Waals surface area (Å²) in [5, 5.41) is 12.0. The smallest absolute Gasteiger partial charge is 0.330 e. The Bertz CT molecular complexity index is 754. The molecule has 5 nitrogen and oxygen atoms in total. The zero-order valence-corrected chi connectivity index (χ0v) is 13.6. The van der Waals surface area contributed by atoms with Gasteiger partial charge < -0.3 is 15.2 Å². The highest BCUT2D eigenvalue weighted by Gasteiger charge is 2.32. The van der Waals surface area contributed by atoms with E-state index in [1.165, 1.54) is 0 Å². The lowest BCUT2D eigenvalue weighted by Crippen LogP contribution is -2.42. The van der Waals surface area contributed by atoms with Gasteiger partial charge in [-0.3, -0.25) is 4.79 Å². The first-order valence-corrected chi connectivity index (χ1v) is 7.80. The normalized spacial score (nSPS) is 16.8. The predicted molar refractivity (Wildman–Crippen MR) is 89.0 cm³/mol. The van der Waals surface area contributed by atoms with Crippen LogP contribution in [0.1, 0.15) is 28.3 Å². The number of amides is 1. The van der Waals surface area contributed by atoms with Gasteiger partial charge in [0, 0.05) is 6.42 Å². The lowest BCUT2D eigenvalue weighted by Gasteiger charge is -2.17. The van der Waals surface area contributed by atoms with Crippen LogP contribution in [-0.2, 0) is 16.0 Å². The van der Waals surface area contributed by atoms with Crippen molar-refractivity contribution in [3.63, 3.8) is 0 Å². The molecule has 0 aliphatic carbocycles. The molecule has 2 aromatic carbocycles. The standard InChI is InChI=1S/C19H19NO4/c1-11-8-14-10-16(24-15(14)9-12(11)2)18(21)20-17(19(22)23)13-6-4-3-5-7-13/h3-9,16-17H,10H2,1-2H3,(H,20,21)(H,22,23)/t16?,17-/m0/s1. The maximum Gasteiger partial charge on any atom is 0.330 e. The van der Waals surface area contributed by atoms with Gasteiger partial charge in [-0.25, -0.2) is 4.79 Å². The zero-order valence-electron chi connectivity index (χ0n) is 13.6. The van der Waals surface area contributed by atoms with Gasteiger partial charge in [0.05, 0.1) is 0 Å². The van der Waals surface area contributed by atoms with Crippen LogP contribution in [0.3, 0.4) is 0 Å². The van der Waals surface area contributed by atoms with Gasteiger partial charge in [0.15, 0.2) is 12.1 Å². The number of aliphatic carboxylic acids is 1. The number of carboxylic acids is 1. The molecule has 3 rings (SSSR count). The fraction of sp³-hybridized carbons (Fsp3) is 0.263. The summed E-state index contributed by atoms with van der Waals surface area (Å²) in [4.78, 5) is 24.0. The van der Waals surface area contributed by atoms with E-state index in [9.17, 15) is 14.7 Å². The third-order valence-electron chi connectivity index (χ3n) is 4.31. The SMILES string of the molecule is Cc1cc2c(cc1C)OC(C(=O)N[C@H](C(=O)O)c1ccccc1)C2. The molecule has 1 aliphatic heterocycles. The molecule has 0 radical (unpaired) electrons. The van der Waals surface area contributed by atoms with E-state index in [1.54, 1.807) is 30.3 Å². The minimum atomic E-state index is -1.10. The third kappa shape index (κ3) is 3.11. The minimum Gasteiger partial charge on any atom is -0.480 e. The highest BCUT2D eigenvalue weighted by Crippen LogP contribution is 2.31. The van der Waals surface area contributed by atoms with Crippen molar-refractivity contribution in [2.24, 2.45) is 0 Å². The molecule has 0 aromatic heterocycles. The van der Waals surface area contributed by atoms with Crippen LogP contribution in [0.4, 0.5) is 0 Å². The summed E-state index contributed by atoms with van der Waals surface area (Å²) in [5.41, 5.74) is 3.75. The second-order valence-electron chi connectivity index (χ2n) is 6.05.